The van der Waals surface area contributed by atoms with E-state index in [-0.39, 0.29) is 5.78 Å². The average Bonchev–Trinajstić information content (AvgIpc) is 2.70. The lowest BCUT2D eigenvalue weighted by Crippen LogP contribution is -2.03. The quantitative estimate of drug-likeness (QED) is 0.713. The largest absolute Gasteiger partial charge is 0.416 e. The summed E-state index contributed by atoms with van der Waals surface area (Å²) in [5.74, 6) is -0.0272. The molecular weight excluding hydrogens is 273 g/mol. The lowest BCUT2D eigenvalue weighted by molar-refractivity contribution is -0.137. The number of alkyl halides is 3. The zero-order chi connectivity index (χ0) is 14.2. The first kappa shape index (κ1) is 13.8. The molecule has 0 bridgehead atoms. The van der Waals surface area contributed by atoms with E-state index in [0.29, 0.717) is 10.4 Å². The van der Waals surface area contributed by atoms with Crippen molar-refractivity contribution in [3.05, 3.63) is 46.3 Å². The lowest BCUT2D eigenvalue weighted by atomic mass is 10.1. The zero-order valence-corrected chi connectivity index (χ0v) is 11.2. The van der Waals surface area contributed by atoms with Gasteiger partial charge in [0.1, 0.15) is 0 Å². The van der Waals surface area contributed by atoms with E-state index in [1.807, 2.05) is 13.0 Å². The van der Waals surface area contributed by atoms with Gasteiger partial charge in [-0.25, -0.2) is 0 Å². The van der Waals surface area contributed by atoms with Gasteiger partial charge in [-0.2, -0.15) is 13.2 Å². The first-order valence-corrected chi connectivity index (χ1v) is 6.39. The Morgan fingerprint density at radius 2 is 1.74 bits per heavy atom. The molecule has 0 amide bonds. The molecule has 0 aliphatic rings. The number of carbonyl (C=O) groups is 1. The highest BCUT2D eigenvalue weighted by Gasteiger charge is 2.30. The molecule has 2 aromatic rings. The van der Waals surface area contributed by atoms with Gasteiger partial charge in [-0.05, 0) is 43.2 Å². The summed E-state index contributed by atoms with van der Waals surface area (Å²) in [6.07, 6.45) is -4.32. The second-order valence-electron chi connectivity index (χ2n) is 4.25. The van der Waals surface area contributed by atoms with Crippen molar-refractivity contribution in [3.63, 3.8) is 0 Å². The first-order chi connectivity index (χ1) is 8.79. The highest BCUT2D eigenvalue weighted by molar-refractivity contribution is 7.17. The number of ketones is 1. The van der Waals surface area contributed by atoms with Crippen LogP contribution in [0.4, 0.5) is 13.2 Å². The molecule has 0 saturated carbocycles. The molecular formula is C14H11F3OS. The number of carbonyl (C=O) groups excluding carboxylic acids is 1. The molecule has 5 heteroatoms. The van der Waals surface area contributed by atoms with Gasteiger partial charge >= 0.3 is 6.18 Å². The molecule has 0 unspecified atom stereocenters. The molecule has 100 valence electrons. The fourth-order valence-corrected chi connectivity index (χ4v) is 2.87. The van der Waals surface area contributed by atoms with Crippen molar-refractivity contribution in [1.29, 1.82) is 0 Å². The van der Waals surface area contributed by atoms with Crippen LogP contribution in [0.3, 0.4) is 0 Å². The number of hydrogen-bond acceptors (Lipinski definition) is 2. The van der Waals surface area contributed by atoms with Gasteiger partial charge in [-0.15, -0.1) is 11.3 Å². The molecule has 0 N–H and O–H groups in total. The van der Waals surface area contributed by atoms with E-state index in [2.05, 4.69) is 0 Å². The number of hydrogen-bond donors (Lipinski definition) is 0. The molecule has 1 heterocycles. The van der Waals surface area contributed by atoms with Crippen LogP contribution < -0.4 is 0 Å². The van der Waals surface area contributed by atoms with Gasteiger partial charge in [0, 0.05) is 4.88 Å². The van der Waals surface area contributed by atoms with E-state index in [0.717, 1.165) is 22.6 Å². The maximum absolute atomic E-state index is 12.5. The Morgan fingerprint density at radius 3 is 2.16 bits per heavy atom. The molecule has 1 aromatic heterocycles. The zero-order valence-electron chi connectivity index (χ0n) is 10.3. The predicted octanol–water partition coefficient (Wildman–Crippen LogP) is 4.94. The molecule has 0 aliphatic carbocycles. The standard InChI is InChI=1S/C14H11F3OS/c1-8-7-12(19-13(8)9(2)18)10-3-5-11(6-4-10)14(15,16)17/h3-7H,1-2H3. The van der Waals surface area contributed by atoms with E-state index in [1.165, 1.54) is 30.4 Å². The highest BCUT2D eigenvalue weighted by atomic mass is 32.1. The van der Waals surface area contributed by atoms with Crippen LogP contribution in [0.1, 0.15) is 27.7 Å². The van der Waals surface area contributed by atoms with Crippen LogP contribution in [-0.2, 0) is 6.18 Å². The molecule has 19 heavy (non-hydrogen) atoms. The normalized spacial score (nSPS) is 11.6. The fraction of sp³-hybridized carbons (Fsp3) is 0.214. The molecule has 0 radical (unpaired) electrons. The summed E-state index contributed by atoms with van der Waals surface area (Å²) in [5.41, 5.74) is 0.873. The minimum Gasteiger partial charge on any atom is -0.294 e. The number of thiophene rings is 1. The van der Waals surface area contributed by atoms with Crippen LogP contribution in [-0.4, -0.2) is 5.78 Å². The molecule has 0 atom stereocenters. The van der Waals surface area contributed by atoms with Crippen LogP contribution in [0.5, 0.6) is 0 Å². The van der Waals surface area contributed by atoms with Crippen molar-refractivity contribution < 1.29 is 18.0 Å². The van der Waals surface area contributed by atoms with Crippen molar-refractivity contribution in [2.45, 2.75) is 20.0 Å². The Kier molecular flexibility index (Phi) is 3.49. The van der Waals surface area contributed by atoms with Crippen LogP contribution in [0.2, 0.25) is 0 Å². The maximum Gasteiger partial charge on any atom is 0.416 e. The van der Waals surface area contributed by atoms with E-state index >= 15 is 0 Å². The van der Waals surface area contributed by atoms with Gasteiger partial charge in [-0.1, -0.05) is 12.1 Å². The smallest absolute Gasteiger partial charge is 0.294 e. The third-order valence-corrected chi connectivity index (χ3v) is 4.12. The summed E-state index contributed by atoms with van der Waals surface area (Å²) >= 11 is 1.30. The third-order valence-electron chi connectivity index (χ3n) is 2.73. The molecule has 2 rings (SSSR count). The topological polar surface area (TPSA) is 17.1 Å². The Hall–Kier alpha value is -1.62. The fourth-order valence-electron chi connectivity index (χ4n) is 1.80. The highest BCUT2D eigenvalue weighted by Crippen LogP contribution is 2.34. The second-order valence-corrected chi connectivity index (χ2v) is 5.31. The summed E-state index contributed by atoms with van der Waals surface area (Å²) in [5, 5.41) is 0. The lowest BCUT2D eigenvalue weighted by Gasteiger charge is -2.06. The van der Waals surface area contributed by atoms with Crippen molar-refractivity contribution >= 4 is 17.1 Å². The Morgan fingerprint density at radius 1 is 1.16 bits per heavy atom. The average molecular weight is 284 g/mol. The number of Topliss-reactive ketones (excluding diaryl/α,β-unsaturated/α-hetero) is 1. The van der Waals surface area contributed by atoms with E-state index in [9.17, 15) is 18.0 Å². The molecule has 0 aliphatic heterocycles. The van der Waals surface area contributed by atoms with Gasteiger partial charge in [0.15, 0.2) is 5.78 Å². The summed E-state index contributed by atoms with van der Waals surface area (Å²) in [6.45, 7) is 3.30. The van der Waals surface area contributed by atoms with Crippen LogP contribution in [0.25, 0.3) is 10.4 Å². The Balaban J connectivity index is 2.38. The van der Waals surface area contributed by atoms with Crippen molar-refractivity contribution in [2.24, 2.45) is 0 Å². The van der Waals surface area contributed by atoms with Crippen LogP contribution in [0, 0.1) is 6.92 Å². The van der Waals surface area contributed by atoms with Crippen molar-refractivity contribution in [1.82, 2.24) is 0 Å². The molecule has 1 nitrogen and oxygen atoms in total. The van der Waals surface area contributed by atoms with Gasteiger partial charge in [0.25, 0.3) is 0 Å². The van der Waals surface area contributed by atoms with Crippen molar-refractivity contribution in [3.8, 4) is 10.4 Å². The SMILES string of the molecule is CC(=O)c1sc(-c2ccc(C(F)(F)F)cc2)cc1C. The van der Waals surface area contributed by atoms with Crippen LogP contribution >= 0.6 is 11.3 Å². The number of benzene rings is 1. The van der Waals surface area contributed by atoms with Crippen LogP contribution in [0.15, 0.2) is 30.3 Å². The third kappa shape index (κ3) is 2.87. The summed E-state index contributed by atoms with van der Waals surface area (Å²) < 4.78 is 37.4. The minimum absolute atomic E-state index is 0.0272. The monoisotopic (exact) mass is 284 g/mol. The first-order valence-electron chi connectivity index (χ1n) is 5.58. The molecule has 0 fully saturated rings. The van der Waals surface area contributed by atoms with Gasteiger partial charge in [-0.3, -0.25) is 4.79 Å². The number of rotatable bonds is 2. The van der Waals surface area contributed by atoms with E-state index in [1.54, 1.807) is 0 Å². The van der Waals surface area contributed by atoms with E-state index < -0.39 is 11.7 Å². The molecule has 0 saturated heterocycles. The minimum atomic E-state index is -4.32. The summed E-state index contributed by atoms with van der Waals surface area (Å²) in [7, 11) is 0. The molecule has 0 spiro atoms. The maximum atomic E-state index is 12.5. The van der Waals surface area contributed by atoms with Gasteiger partial charge in [0.2, 0.25) is 0 Å². The Bertz CT molecular complexity index is 609. The summed E-state index contributed by atoms with van der Waals surface area (Å²) in [6, 6.07) is 6.79. The van der Waals surface area contributed by atoms with Gasteiger partial charge < -0.3 is 0 Å². The number of aryl methyl sites for hydroxylation is 1. The Labute approximate surface area is 112 Å². The van der Waals surface area contributed by atoms with E-state index in [4.69, 9.17) is 0 Å². The molecule has 1 aromatic carbocycles. The summed E-state index contributed by atoms with van der Waals surface area (Å²) in [4.78, 5) is 12.8. The second kappa shape index (κ2) is 4.81. The predicted molar refractivity (Wildman–Crippen MR) is 69.5 cm³/mol. The van der Waals surface area contributed by atoms with Crippen molar-refractivity contribution in [2.75, 3.05) is 0 Å². The number of halogens is 3. The van der Waals surface area contributed by atoms with Gasteiger partial charge in [0.05, 0.1) is 10.4 Å².